The van der Waals surface area contributed by atoms with Crippen LogP contribution in [0, 0.1) is 6.92 Å². The Morgan fingerprint density at radius 3 is 2.79 bits per heavy atom. The van der Waals surface area contributed by atoms with E-state index in [0.29, 0.717) is 6.42 Å². The lowest BCUT2D eigenvalue weighted by Gasteiger charge is -2.26. The zero-order chi connectivity index (χ0) is 16.5. The van der Waals surface area contributed by atoms with Crippen LogP contribution in [0.15, 0.2) is 36.4 Å². The van der Waals surface area contributed by atoms with Gasteiger partial charge in [0.1, 0.15) is 11.1 Å². The summed E-state index contributed by atoms with van der Waals surface area (Å²) in [5.74, 6) is 0. The predicted molar refractivity (Wildman–Crippen MR) is 93.0 cm³/mol. The van der Waals surface area contributed by atoms with E-state index in [1.165, 1.54) is 0 Å². The molecular weight excluding hydrogens is 322 g/mol. The minimum absolute atomic E-state index is 0.580. The third-order valence-electron chi connectivity index (χ3n) is 4.22. The molecule has 1 aliphatic heterocycles. The van der Waals surface area contributed by atoms with Gasteiger partial charge in [0.25, 0.3) is 0 Å². The fourth-order valence-electron chi connectivity index (χ4n) is 2.97. The SMILES string of the molecule is Cc1nnc(N2CCn3nc([C@H](O)Cc4ccccc4)cc3C2)s1. The molecule has 4 rings (SSSR count). The maximum Gasteiger partial charge on any atom is 0.208 e. The van der Waals surface area contributed by atoms with Crippen LogP contribution in [0.1, 0.15) is 28.1 Å². The van der Waals surface area contributed by atoms with Gasteiger partial charge < -0.3 is 10.0 Å². The molecule has 0 amide bonds. The van der Waals surface area contributed by atoms with Gasteiger partial charge in [0.05, 0.1) is 24.5 Å². The molecule has 3 heterocycles. The van der Waals surface area contributed by atoms with Crippen LogP contribution in [-0.2, 0) is 19.5 Å². The first kappa shape index (κ1) is 15.3. The Bertz CT molecular complexity index is 829. The van der Waals surface area contributed by atoms with Crippen molar-refractivity contribution in [1.29, 1.82) is 0 Å². The van der Waals surface area contributed by atoms with Crippen LogP contribution >= 0.6 is 11.3 Å². The summed E-state index contributed by atoms with van der Waals surface area (Å²) in [5.41, 5.74) is 2.96. The molecule has 2 aromatic heterocycles. The second-order valence-corrected chi connectivity index (χ2v) is 7.17. The van der Waals surface area contributed by atoms with E-state index >= 15 is 0 Å². The Hall–Kier alpha value is -2.25. The van der Waals surface area contributed by atoms with Crippen LogP contribution in [0.25, 0.3) is 0 Å². The number of aliphatic hydroxyl groups is 1. The lowest BCUT2D eigenvalue weighted by Crippen LogP contribution is -2.33. The van der Waals surface area contributed by atoms with Crippen LogP contribution in [0.3, 0.4) is 0 Å². The molecule has 0 aliphatic carbocycles. The molecule has 1 aliphatic rings. The number of aromatic nitrogens is 4. The molecule has 24 heavy (non-hydrogen) atoms. The van der Waals surface area contributed by atoms with E-state index in [9.17, 15) is 5.11 Å². The van der Waals surface area contributed by atoms with Gasteiger partial charge >= 0.3 is 0 Å². The quantitative estimate of drug-likeness (QED) is 0.789. The molecule has 0 saturated heterocycles. The Balaban J connectivity index is 1.50. The standard InChI is InChI=1S/C17H19N5OS/c1-12-18-19-17(24-12)21-7-8-22-14(11-21)10-15(20-22)16(23)9-13-5-3-2-4-6-13/h2-6,10,16,23H,7-9,11H2,1H3/t16-/m1/s1. The van der Waals surface area contributed by atoms with Crippen LogP contribution < -0.4 is 4.90 Å². The molecule has 0 fully saturated rings. The van der Waals surface area contributed by atoms with Gasteiger partial charge in [0.2, 0.25) is 5.13 Å². The molecule has 1 aromatic carbocycles. The van der Waals surface area contributed by atoms with E-state index in [4.69, 9.17) is 0 Å². The first-order valence-electron chi connectivity index (χ1n) is 8.03. The molecule has 0 spiro atoms. The second-order valence-electron chi connectivity index (χ2n) is 6.01. The summed E-state index contributed by atoms with van der Waals surface area (Å²) in [4.78, 5) is 2.22. The highest BCUT2D eigenvalue weighted by atomic mass is 32.1. The summed E-state index contributed by atoms with van der Waals surface area (Å²) in [6.07, 6.45) is -0.000848. The van der Waals surface area contributed by atoms with Gasteiger partial charge in [-0.05, 0) is 18.6 Å². The number of fused-ring (bicyclic) bond motifs is 1. The van der Waals surface area contributed by atoms with Crippen molar-refractivity contribution in [1.82, 2.24) is 20.0 Å². The molecule has 124 valence electrons. The van der Waals surface area contributed by atoms with Gasteiger partial charge in [0, 0.05) is 13.0 Å². The normalized spacial score (nSPS) is 15.3. The summed E-state index contributed by atoms with van der Waals surface area (Å²) >= 11 is 1.61. The maximum atomic E-state index is 10.5. The molecule has 6 nitrogen and oxygen atoms in total. The molecule has 1 atom stereocenters. The number of rotatable bonds is 4. The fraction of sp³-hybridized carbons (Fsp3) is 0.353. The Labute approximate surface area is 144 Å². The van der Waals surface area contributed by atoms with Crippen LogP contribution in [-0.4, -0.2) is 31.6 Å². The molecular formula is C17H19N5OS. The van der Waals surface area contributed by atoms with Crippen LogP contribution in [0.4, 0.5) is 5.13 Å². The summed E-state index contributed by atoms with van der Waals surface area (Å²) in [5, 5.41) is 25.3. The highest BCUT2D eigenvalue weighted by Crippen LogP contribution is 2.26. The highest BCUT2D eigenvalue weighted by molar-refractivity contribution is 7.15. The Morgan fingerprint density at radius 1 is 1.21 bits per heavy atom. The third kappa shape index (κ3) is 3.05. The molecule has 0 bridgehead atoms. The van der Waals surface area contributed by atoms with Crippen molar-refractivity contribution in [3.8, 4) is 0 Å². The first-order valence-corrected chi connectivity index (χ1v) is 8.84. The van der Waals surface area contributed by atoms with Crippen molar-refractivity contribution in [2.45, 2.75) is 32.5 Å². The van der Waals surface area contributed by atoms with Crippen LogP contribution in [0.5, 0.6) is 0 Å². The minimum Gasteiger partial charge on any atom is -0.386 e. The number of hydrogen-bond donors (Lipinski definition) is 1. The molecule has 0 unspecified atom stereocenters. The summed E-state index contributed by atoms with van der Waals surface area (Å²) in [6, 6.07) is 12.0. The van der Waals surface area contributed by atoms with Gasteiger partial charge in [-0.3, -0.25) is 4.68 Å². The summed E-state index contributed by atoms with van der Waals surface area (Å²) < 4.78 is 1.99. The van der Waals surface area contributed by atoms with Crippen molar-refractivity contribution >= 4 is 16.5 Å². The smallest absolute Gasteiger partial charge is 0.208 e. The molecule has 3 aromatic rings. The topological polar surface area (TPSA) is 67.1 Å². The van der Waals surface area contributed by atoms with Gasteiger partial charge in [-0.1, -0.05) is 41.7 Å². The summed E-state index contributed by atoms with van der Waals surface area (Å²) in [6.45, 7) is 4.37. The average Bonchev–Trinajstić information content (AvgIpc) is 3.21. The zero-order valence-electron chi connectivity index (χ0n) is 13.5. The van der Waals surface area contributed by atoms with Crippen molar-refractivity contribution in [3.05, 3.63) is 58.4 Å². The number of benzene rings is 1. The monoisotopic (exact) mass is 341 g/mol. The van der Waals surface area contributed by atoms with Crippen molar-refractivity contribution in [2.75, 3.05) is 11.4 Å². The van der Waals surface area contributed by atoms with Gasteiger partial charge in [-0.15, -0.1) is 10.2 Å². The number of hydrogen-bond acceptors (Lipinski definition) is 6. The summed E-state index contributed by atoms with van der Waals surface area (Å²) in [7, 11) is 0. The van der Waals surface area contributed by atoms with Gasteiger partial charge in [0.15, 0.2) is 0 Å². The largest absolute Gasteiger partial charge is 0.386 e. The Kier molecular flexibility index (Phi) is 4.03. The van der Waals surface area contributed by atoms with Crippen LogP contribution in [0.2, 0.25) is 0 Å². The lowest BCUT2D eigenvalue weighted by molar-refractivity contribution is 0.172. The van der Waals surface area contributed by atoms with E-state index in [1.807, 2.05) is 48.0 Å². The second kappa shape index (κ2) is 6.33. The minimum atomic E-state index is -0.581. The Morgan fingerprint density at radius 2 is 2.04 bits per heavy atom. The molecule has 0 radical (unpaired) electrons. The van der Waals surface area contributed by atoms with E-state index in [0.717, 1.165) is 46.7 Å². The van der Waals surface area contributed by atoms with Crippen molar-refractivity contribution < 1.29 is 5.11 Å². The van der Waals surface area contributed by atoms with Crippen molar-refractivity contribution in [2.24, 2.45) is 0 Å². The number of anilines is 1. The van der Waals surface area contributed by atoms with Gasteiger partial charge in [-0.2, -0.15) is 5.10 Å². The molecule has 0 saturated carbocycles. The number of aliphatic hydroxyl groups excluding tert-OH is 1. The first-order chi connectivity index (χ1) is 11.7. The predicted octanol–water partition coefficient (Wildman–Crippen LogP) is 2.34. The van der Waals surface area contributed by atoms with E-state index in [2.05, 4.69) is 20.2 Å². The van der Waals surface area contributed by atoms with Gasteiger partial charge in [-0.25, -0.2) is 0 Å². The fourth-order valence-corrected chi connectivity index (χ4v) is 3.68. The van der Waals surface area contributed by atoms with E-state index < -0.39 is 6.10 Å². The number of nitrogens with zero attached hydrogens (tertiary/aromatic N) is 5. The zero-order valence-corrected chi connectivity index (χ0v) is 14.3. The van der Waals surface area contributed by atoms with E-state index in [-0.39, 0.29) is 0 Å². The molecule has 7 heteroatoms. The average molecular weight is 341 g/mol. The third-order valence-corrected chi connectivity index (χ3v) is 5.12. The number of aryl methyl sites for hydroxylation is 1. The van der Waals surface area contributed by atoms with Crippen molar-refractivity contribution in [3.63, 3.8) is 0 Å². The highest BCUT2D eigenvalue weighted by Gasteiger charge is 2.23. The van der Waals surface area contributed by atoms with E-state index in [1.54, 1.807) is 11.3 Å². The maximum absolute atomic E-state index is 10.5. The lowest BCUT2D eigenvalue weighted by atomic mass is 10.1. The molecule has 1 N–H and O–H groups in total.